The lowest BCUT2D eigenvalue weighted by molar-refractivity contribution is 0.764. The van der Waals surface area contributed by atoms with Gasteiger partial charge in [0.25, 0.3) is 0 Å². The Balaban J connectivity index is 2.75. The Labute approximate surface area is 69.8 Å². The zero-order valence-corrected chi connectivity index (χ0v) is 8.41. The van der Waals surface area contributed by atoms with Crippen molar-refractivity contribution in [3.8, 4) is 0 Å². The van der Waals surface area contributed by atoms with Gasteiger partial charge in [-0.05, 0) is 24.6 Å². The van der Waals surface area contributed by atoms with E-state index in [0.29, 0.717) is 0 Å². The molecule has 1 rings (SSSR count). The Bertz CT molecular complexity index is 192. The molecule has 0 fully saturated rings. The fraction of sp³-hybridized carbons (Fsp3) is 0.333. The number of nitrogens with zero attached hydrogens (tertiary/aromatic N) is 1. The molecular formula is C9H15NSi. The molecule has 0 aromatic heterocycles. The summed E-state index contributed by atoms with van der Waals surface area (Å²) < 4.78 is 2.33. The number of allylic oxidation sites excluding steroid dienone is 4. The molecule has 1 nitrogen and oxygen atoms in total. The Hall–Kier alpha value is -0.763. The SMILES string of the molecule is C[Si](C)(C)N1C=CC=CC=C1. The fourth-order valence-electron chi connectivity index (χ4n) is 0.910. The van der Waals surface area contributed by atoms with Crippen LogP contribution in [0.2, 0.25) is 19.6 Å². The van der Waals surface area contributed by atoms with Crippen molar-refractivity contribution >= 4 is 8.24 Å². The Morgan fingerprint density at radius 3 is 1.64 bits per heavy atom. The summed E-state index contributed by atoms with van der Waals surface area (Å²) in [6, 6.07) is 0. The van der Waals surface area contributed by atoms with Crippen molar-refractivity contribution in [1.29, 1.82) is 0 Å². The molecule has 0 aromatic rings. The molecule has 0 aliphatic carbocycles. The van der Waals surface area contributed by atoms with E-state index >= 15 is 0 Å². The number of hydrogen-bond acceptors (Lipinski definition) is 1. The molecule has 0 N–H and O–H groups in total. The van der Waals surface area contributed by atoms with E-state index in [2.05, 4.69) is 60.9 Å². The van der Waals surface area contributed by atoms with E-state index in [0.717, 1.165) is 0 Å². The molecule has 0 unspecified atom stereocenters. The predicted octanol–water partition coefficient (Wildman–Crippen LogP) is 2.72. The number of rotatable bonds is 1. The van der Waals surface area contributed by atoms with Gasteiger partial charge >= 0.3 is 0 Å². The molecule has 1 aliphatic heterocycles. The zero-order valence-electron chi connectivity index (χ0n) is 7.41. The van der Waals surface area contributed by atoms with E-state index in [1.807, 2.05) is 0 Å². The van der Waals surface area contributed by atoms with Crippen molar-refractivity contribution in [2.45, 2.75) is 19.6 Å². The molecule has 2 heteroatoms. The summed E-state index contributed by atoms with van der Waals surface area (Å²) in [4.78, 5) is 0. The lowest BCUT2D eigenvalue weighted by atomic mass is 10.5. The molecule has 0 amide bonds. The monoisotopic (exact) mass is 165 g/mol. The molecule has 0 saturated heterocycles. The second-order valence-corrected chi connectivity index (χ2v) is 8.50. The maximum atomic E-state index is 2.33. The van der Waals surface area contributed by atoms with E-state index in [-0.39, 0.29) is 0 Å². The third-order valence-electron chi connectivity index (χ3n) is 1.60. The molecule has 0 radical (unpaired) electrons. The van der Waals surface area contributed by atoms with Crippen molar-refractivity contribution in [1.82, 2.24) is 4.57 Å². The van der Waals surface area contributed by atoms with Crippen LogP contribution in [0.1, 0.15) is 0 Å². The Morgan fingerprint density at radius 1 is 0.818 bits per heavy atom. The minimum atomic E-state index is -1.17. The van der Waals surface area contributed by atoms with Gasteiger partial charge in [-0.2, -0.15) is 0 Å². The summed E-state index contributed by atoms with van der Waals surface area (Å²) in [5, 5.41) is 0. The first-order valence-electron chi connectivity index (χ1n) is 3.91. The van der Waals surface area contributed by atoms with E-state index in [1.54, 1.807) is 0 Å². The molecule has 0 bridgehead atoms. The predicted molar refractivity (Wildman–Crippen MR) is 52.6 cm³/mol. The maximum absolute atomic E-state index is 2.33. The summed E-state index contributed by atoms with van der Waals surface area (Å²) in [5.74, 6) is 0. The first-order valence-corrected chi connectivity index (χ1v) is 7.35. The fourth-order valence-corrected chi connectivity index (χ4v) is 1.98. The minimum absolute atomic E-state index is 1.17. The first kappa shape index (κ1) is 8.33. The zero-order chi connectivity index (χ0) is 8.32. The van der Waals surface area contributed by atoms with Crippen LogP contribution in [-0.4, -0.2) is 12.8 Å². The molecule has 0 saturated carbocycles. The summed E-state index contributed by atoms with van der Waals surface area (Å²) in [5.41, 5.74) is 0. The van der Waals surface area contributed by atoms with Crippen LogP contribution in [0, 0.1) is 0 Å². The van der Waals surface area contributed by atoms with Crippen molar-refractivity contribution in [2.75, 3.05) is 0 Å². The van der Waals surface area contributed by atoms with Gasteiger partial charge in [-0.3, -0.25) is 0 Å². The maximum Gasteiger partial charge on any atom is 0.152 e. The third kappa shape index (κ3) is 2.39. The van der Waals surface area contributed by atoms with Gasteiger partial charge in [0.2, 0.25) is 0 Å². The van der Waals surface area contributed by atoms with E-state index in [9.17, 15) is 0 Å². The van der Waals surface area contributed by atoms with Crippen molar-refractivity contribution in [2.24, 2.45) is 0 Å². The highest BCUT2D eigenvalue weighted by molar-refractivity contribution is 6.73. The summed E-state index contributed by atoms with van der Waals surface area (Å²) >= 11 is 0. The molecule has 0 aromatic carbocycles. The largest absolute Gasteiger partial charge is 0.381 e. The van der Waals surface area contributed by atoms with Gasteiger partial charge in [0.05, 0.1) is 0 Å². The highest BCUT2D eigenvalue weighted by Gasteiger charge is 2.18. The summed E-state index contributed by atoms with van der Waals surface area (Å²) in [7, 11) is -1.17. The normalized spacial score (nSPS) is 17.2. The topological polar surface area (TPSA) is 3.24 Å². The second kappa shape index (κ2) is 3.09. The molecule has 1 heterocycles. The lowest BCUT2D eigenvalue weighted by Crippen LogP contribution is -2.38. The van der Waals surface area contributed by atoms with Gasteiger partial charge in [0, 0.05) is 0 Å². The van der Waals surface area contributed by atoms with E-state index in [1.165, 1.54) is 0 Å². The van der Waals surface area contributed by atoms with Crippen LogP contribution in [0.3, 0.4) is 0 Å². The van der Waals surface area contributed by atoms with E-state index in [4.69, 9.17) is 0 Å². The van der Waals surface area contributed by atoms with Crippen LogP contribution in [0.5, 0.6) is 0 Å². The number of hydrogen-bond donors (Lipinski definition) is 0. The molecule has 0 atom stereocenters. The van der Waals surface area contributed by atoms with Crippen molar-refractivity contribution in [3.05, 3.63) is 36.7 Å². The van der Waals surface area contributed by atoms with Crippen LogP contribution < -0.4 is 0 Å². The second-order valence-electron chi connectivity index (χ2n) is 3.65. The smallest absolute Gasteiger partial charge is 0.152 e. The van der Waals surface area contributed by atoms with Gasteiger partial charge in [0.15, 0.2) is 8.24 Å². The van der Waals surface area contributed by atoms with Crippen LogP contribution in [0.4, 0.5) is 0 Å². The average Bonchev–Trinajstić information content (AvgIpc) is 2.10. The molecular weight excluding hydrogens is 150 g/mol. The van der Waals surface area contributed by atoms with Crippen molar-refractivity contribution < 1.29 is 0 Å². The molecule has 11 heavy (non-hydrogen) atoms. The van der Waals surface area contributed by atoms with Crippen LogP contribution >= 0.6 is 0 Å². The van der Waals surface area contributed by atoms with Crippen LogP contribution in [0.15, 0.2) is 36.7 Å². The standard InChI is InChI=1S/C9H15NSi/c1-11(2,3)10-8-6-4-5-7-9-10/h4-9H,1-3H3. The van der Waals surface area contributed by atoms with Gasteiger partial charge in [-0.1, -0.05) is 31.8 Å². The van der Waals surface area contributed by atoms with Crippen LogP contribution in [0.25, 0.3) is 0 Å². The Kier molecular flexibility index (Phi) is 2.34. The lowest BCUT2D eigenvalue weighted by Gasteiger charge is -2.28. The Morgan fingerprint density at radius 2 is 1.27 bits per heavy atom. The first-order chi connectivity index (χ1) is 5.11. The van der Waals surface area contributed by atoms with Gasteiger partial charge < -0.3 is 4.57 Å². The van der Waals surface area contributed by atoms with Gasteiger partial charge in [0.1, 0.15) is 0 Å². The summed E-state index contributed by atoms with van der Waals surface area (Å²) in [6.07, 6.45) is 12.6. The third-order valence-corrected chi connectivity index (χ3v) is 3.45. The van der Waals surface area contributed by atoms with E-state index < -0.39 is 8.24 Å². The molecule has 1 aliphatic rings. The van der Waals surface area contributed by atoms with Gasteiger partial charge in [-0.15, -0.1) is 0 Å². The molecule has 0 spiro atoms. The molecule has 60 valence electrons. The highest BCUT2D eigenvalue weighted by Crippen LogP contribution is 2.11. The van der Waals surface area contributed by atoms with Crippen LogP contribution in [-0.2, 0) is 0 Å². The average molecular weight is 165 g/mol. The highest BCUT2D eigenvalue weighted by atomic mass is 28.3. The quantitative estimate of drug-likeness (QED) is 0.540. The minimum Gasteiger partial charge on any atom is -0.381 e. The van der Waals surface area contributed by atoms with Crippen molar-refractivity contribution in [3.63, 3.8) is 0 Å². The van der Waals surface area contributed by atoms with Gasteiger partial charge in [-0.25, -0.2) is 0 Å². The summed E-state index contributed by atoms with van der Waals surface area (Å²) in [6.45, 7) is 6.98.